The Bertz CT molecular complexity index is 587. The second-order valence-electron chi connectivity index (χ2n) is 4.49. The van der Waals surface area contributed by atoms with Crippen molar-refractivity contribution in [2.24, 2.45) is 0 Å². The summed E-state index contributed by atoms with van der Waals surface area (Å²) >= 11 is -2.21. The average Bonchev–Trinajstić information content (AvgIpc) is 2.36. The summed E-state index contributed by atoms with van der Waals surface area (Å²) in [6.45, 7) is 3.74. The van der Waals surface area contributed by atoms with E-state index >= 15 is 0 Å². The Morgan fingerprint density at radius 3 is 2.45 bits per heavy atom. The van der Waals surface area contributed by atoms with Crippen molar-refractivity contribution in [2.45, 2.75) is 26.1 Å². The predicted molar refractivity (Wildman–Crippen MR) is 79.0 cm³/mol. The van der Waals surface area contributed by atoms with Crippen LogP contribution in [0.5, 0.6) is 5.75 Å². The van der Waals surface area contributed by atoms with Gasteiger partial charge in [-0.2, -0.15) is 0 Å². The van der Waals surface area contributed by atoms with Crippen LogP contribution in [0.1, 0.15) is 19.4 Å². The molecule has 0 saturated heterocycles. The zero-order valence-corrected chi connectivity index (χ0v) is 14.9. The standard InChI is InChI=1S/C13H14F3NO2.2ClH.Ru/c1-8(2)19(4)11-6-5-10(7-9(11)3)17-12(18)13(14,15)16;;;/h3,5-8H,4H2,1-2H3,(H,17,18);2*1H;/q;;;+2/p-2. The average molecular weight is 445 g/mol. The van der Waals surface area contributed by atoms with Crippen molar-refractivity contribution in [1.82, 2.24) is 0 Å². The number of anilines is 1. The van der Waals surface area contributed by atoms with Crippen LogP contribution in [-0.4, -0.2) is 22.8 Å². The molecule has 0 unspecified atom stereocenters. The van der Waals surface area contributed by atoms with Gasteiger partial charge in [0.05, 0.1) is 0 Å². The Hall–Kier alpha value is -0.647. The van der Waals surface area contributed by atoms with Crippen molar-refractivity contribution in [1.29, 1.82) is 0 Å². The summed E-state index contributed by atoms with van der Waals surface area (Å²) < 4.78 is 41.0. The minimum absolute atomic E-state index is 0.00108. The van der Waals surface area contributed by atoms with Crippen molar-refractivity contribution in [3.63, 3.8) is 0 Å². The molecule has 0 heterocycles. The van der Waals surface area contributed by atoms with Gasteiger partial charge in [-0.3, -0.25) is 0 Å². The first-order valence-corrected chi connectivity index (χ1v) is 11.4. The van der Waals surface area contributed by atoms with Crippen LogP contribution in [0, 0.1) is 7.11 Å². The Labute approximate surface area is 139 Å². The van der Waals surface area contributed by atoms with Gasteiger partial charge in [0.15, 0.2) is 0 Å². The van der Waals surface area contributed by atoms with Gasteiger partial charge in [0.1, 0.15) is 0 Å². The topological polar surface area (TPSA) is 31.8 Å². The fourth-order valence-electron chi connectivity index (χ4n) is 1.48. The molecule has 0 aromatic heterocycles. The maximum absolute atomic E-state index is 12.3. The minimum atomic E-state index is -4.95. The maximum atomic E-state index is 12.3. The van der Waals surface area contributed by atoms with E-state index in [9.17, 15) is 18.0 Å². The van der Waals surface area contributed by atoms with Gasteiger partial charge >= 0.3 is 140 Å². The van der Waals surface area contributed by atoms with Crippen molar-refractivity contribution in [3.05, 3.63) is 30.9 Å². The SMILES string of the molecule is [CH2-][O+](c1ccc(NC(=O)C(F)(F)F)cc1[CH]=[Ru]([Cl])[Cl])C(C)C. The molecule has 0 fully saturated rings. The first kappa shape index (κ1) is 19.4. The van der Waals surface area contributed by atoms with Gasteiger partial charge in [0, 0.05) is 0 Å². The summed E-state index contributed by atoms with van der Waals surface area (Å²) in [5.41, 5.74) is 0.497. The van der Waals surface area contributed by atoms with Gasteiger partial charge in [0.2, 0.25) is 0 Å². The van der Waals surface area contributed by atoms with E-state index in [1.165, 1.54) is 18.2 Å². The molecule has 1 aromatic carbocycles. The van der Waals surface area contributed by atoms with E-state index in [2.05, 4.69) is 11.5 Å². The summed E-state index contributed by atoms with van der Waals surface area (Å²) in [5.74, 6) is -1.46. The van der Waals surface area contributed by atoms with Crippen LogP contribution in [0.3, 0.4) is 0 Å². The predicted octanol–water partition coefficient (Wildman–Crippen LogP) is 4.73. The van der Waals surface area contributed by atoms with Crippen molar-refractivity contribution < 1.29 is 35.9 Å². The molecular formula is C13H14Cl2F3NO2Ru. The van der Waals surface area contributed by atoms with Crippen LogP contribution in [0.15, 0.2) is 18.2 Å². The molecule has 0 aliphatic heterocycles. The van der Waals surface area contributed by atoms with Crippen LogP contribution in [0.25, 0.3) is 0 Å². The zero-order valence-electron chi connectivity index (χ0n) is 11.7. The molecular weight excluding hydrogens is 431 g/mol. The fourth-order valence-corrected chi connectivity index (χ4v) is 3.27. The summed E-state index contributed by atoms with van der Waals surface area (Å²) in [5, 5.41) is 1.79. The van der Waals surface area contributed by atoms with E-state index < -0.39 is 25.6 Å². The molecule has 1 N–H and O–H groups in total. The third kappa shape index (κ3) is 5.52. The second kappa shape index (κ2) is 7.75. The first-order valence-electron chi connectivity index (χ1n) is 5.90. The van der Waals surface area contributed by atoms with Crippen molar-refractivity contribution in [2.75, 3.05) is 5.32 Å². The van der Waals surface area contributed by atoms with Gasteiger partial charge in [-0.15, -0.1) is 0 Å². The summed E-state index contributed by atoms with van der Waals surface area (Å²) in [7, 11) is 15.5. The Morgan fingerprint density at radius 1 is 1.41 bits per heavy atom. The van der Waals surface area contributed by atoms with Crippen LogP contribution in [-0.2, 0) is 22.7 Å². The van der Waals surface area contributed by atoms with Gasteiger partial charge < -0.3 is 0 Å². The van der Waals surface area contributed by atoms with E-state index in [0.717, 1.165) is 0 Å². The quantitative estimate of drug-likeness (QED) is 0.406. The number of hydrogen-bond donors (Lipinski definition) is 1. The Morgan fingerprint density at radius 2 is 2.00 bits per heavy atom. The first-order chi connectivity index (χ1) is 10.0. The van der Waals surface area contributed by atoms with E-state index in [1.54, 1.807) is 9.93 Å². The van der Waals surface area contributed by atoms with E-state index in [0.29, 0.717) is 11.3 Å². The third-order valence-electron chi connectivity index (χ3n) is 2.56. The fraction of sp³-hybridized carbons (Fsp3) is 0.308. The number of hydrogen-bond acceptors (Lipinski definition) is 1. The molecule has 1 amide bonds. The van der Waals surface area contributed by atoms with Crippen LogP contribution in [0.2, 0.25) is 0 Å². The van der Waals surface area contributed by atoms with Gasteiger partial charge in [-0.1, -0.05) is 0 Å². The summed E-state index contributed by atoms with van der Waals surface area (Å²) in [4.78, 5) is 11.0. The molecule has 22 heavy (non-hydrogen) atoms. The molecule has 0 radical (unpaired) electrons. The van der Waals surface area contributed by atoms with Crippen molar-refractivity contribution >= 4 is 35.6 Å². The molecule has 1 aromatic rings. The normalized spacial score (nSPS) is 12.1. The number of nitrogens with one attached hydrogen (secondary N) is 1. The van der Waals surface area contributed by atoms with E-state index in [4.69, 9.17) is 19.4 Å². The Balaban J connectivity index is 3.21. The second-order valence-corrected chi connectivity index (χ2v) is 10.2. The molecule has 0 atom stereocenters. The van der Waals surface area contributed by atoms with Crippen LogP contribution < -0.4 is 5.32 Å². The number of carbonyl (C=O) groups excluding carboxylic acids is 1. The number of alkyl halides is 3. The molecule has 0 saturated carbocycles. The van der Waals surface area contributed by atoms with Crippen molar-refractivity contribution in [3.8, 4) is 5.75 Å². The summed E-state index contributed by atoms with van der Waals surface area (Å²) in [6.07, 6.45) is -4.97. The summed E-state index contributed by atoms with van der Waals surface area (Å²) in [6, 6.07) is 4.25. The molecule has 0 aliphatic carbocycles. The van der Waals surface area contributed by atoms with E-state index in [1.807, 2.05) is 13.8 Å². The Kier molecular flexibility index (Phi) is 6.84. The molecule has 0 spiro atoms. The van der Waals surface area contributed by atoms with Gasteiger partial charge in [-0.25, -0.2) is 0 Å². The van der Waals surface area contributed by atoms with Gasteiger partial charge in [-0.05, 0) is 0 Å². The molecule has 126 valence electrons. The molecule has 3 nitrogen and oxygen atoms in total. The molecule has 0 aliphatic rings. The van der Waals surface area contributed by atoms with Gasteiger partial charge in [0.25, 0.3) is 0 Å². The zero-order chi connectivity index (χ0) is 17.1. The number of benzene rings is 1. The van der Waals surface area contributed by atoms with Crippen LogP contribution >= 0.6 is 19.4 Å². The van der Waals surface area contributed by atoms with E-state index in [-0.39, 0.29) is 11.8 Å². The van der Waals surface area contributed by atoms with Crippen LogP contribution in [0.4, 0.5) is 18.9 Å². The third-order valence-corrected chi connectivity index (χ3v) is 4.40. The molecule has 1 rings (SSSR count). The molecule has 0 bridgehead atoms. The number of rotatable bonds is 4. The monoisotopic (exact) mass is 445 g/mol. The number of carbonyl (C=O) groups is 1. The number of halogens is 5. The molecule has 9 heteroatoms. The number of amides is 1.